The normalized spacial score (nSPS) is 19.6. The highest BCUT2D eigenvalue weighted by atomic mass is 32.2. The van der Waals surface area contributed by atoms with Gasteiger partial charge >= 0.3 is 6.16 Å². The van der Waals surface area contributed by atoms with Gasteiger partial charge in [0.2, 0.25) is 10.0 Å². The number of nitrogens with one attached hydrogen (secondary N) is 2. The summed E-state index contributed by atoms with van der Waals surface area (Å²) in [5.74, 6) is -0.365. The molecule has 0 saturated heterocycles. The van der Waals surface area contributed by atoms with Crippen molar-refractivity contribution < 1.29 is 27.9 Å². The van der Waals surface area contributed by atoms with Gasteiger partial charge in [0.25, 0.3) is 5.91 Å². The molecule has 2 aromatic carbocycles. The molecule has 1 amide bonds. The van der Waals surface area contributed by atoms with Crippen LogP contribution in [0.4, 0.5) is 10.5 Å². The number of carboxylic acid groups (broad SMARTS) is 1. The molecule has 3 N–H and O–H groups in total. The monoisotopic (exact) mass is 444 g/mol. The number of carbonyl (C=O) groups excluding carboxylic acids is 1. The Morgan fingerprint density at radius 1 is 1.16 bits per heavy atom. The smallest absolute Gasteiger partial charge is 0.449 e. The van der Waals surface area contributed by atoms with E-state index in [0.717, 1.165) is 16.8 Å². The van der Waals surface area contributed by atoms with Gasteiger partial charge in [-0.1, -0.05) is 26.0 Å². The summed E-state index contributed by atoms with van der Waals surface area (Å²) in [6.45, 7) is 4.14. The van der Waals surface area contributed by atoms with Crippen LogP contribution in [0.5, 0.6) is 5.75 Å². The average Bonchev–Trinajstić information content (AvgIpc) is 3.52. The van der Waals surface area contributed by atoms with Crippen LogP contribution in [-0.4, -0.2) is 30.8 Å². The Morgan fingerprint density at radius 2 is 1.90 bits per heavy atom. The number of benzene rings is 2. The number of rotatable bonds is 5. The van der Waals surface area contributed by atoms with Gasteiger partial charge in [0.1, 0.15) is 5.75 Å². The number of anilines is 1. The lowest BCUT2D eigenvalue weighted by molar-refractivity contribution is 0.0980. The van der Waals surface area contributed by atoms with Crippen molar-refractivity contribution in [3.05, 3.63) is 59.2 Å². The molecule has 9 heteroatoms. The van der Waals surface area contributed by atoms with E-state index in [2.05, 4.69) is 23.9 Å². The molecular weight excluding hydrogens is 420 g/mol. The Hall–Kier alpha value is -3.07. The van der Waals surface area contributed by atoms with Crippen molar-refractivity contribution in [2.75, 3.05) is 5.32 Å². The van der Waals surface area contributed by atoms with Crippen LogP contribution >= 0.6 is 0 Å². The zero-order valence-electron chi connectivity index (χ0n) is 17.2. The van der Waals surface area contributed by atoms with E-state index >= 15 is 0 Å². The first-order valence-corrected chi connectivity index (χ1v) is 11.6. The zero-order valence-corrected chi connectivity index (χ0v) is 18.0. The van der Waals surface area contributed by atoms with Gasteiger partial charge in [-0.2, -0.15) is 0 Å². The molecule has 1 aliphatic heterocycles. The zero-order chi connectivity index (χ0) is 22.4. The van der Waals surface area contributed by atoms with Crippen LogP contribution in [0.1, 0.15) is 54.2 Å². The van der Waals surface area contributed by atoms with Gasteiger partial charge in [0.05, 0.1) is 11.3 Å². The molecule has 4 rings (SSSR count). The lowest BCUT2D eigenvalue weighted by Gasteiger charge is -2.41. The molecule has 1 atom stereocenters. The van der Waals surface area contributed by atoms with Crippen molar-refractivity contribution in [2.24, 2.45) is 5.41 Å². The van der Waals surface area contributed by atoms with Crippen molar-refractivity contribution >= 4 is 27.8 Å². The summed E-state index contributed by atoms with van der Waals surface area (Å²) in [5.41, 5.74) is 2.66. The Morgan fingerprint density at radius 3 is 2.58 bits per heavy atom. The molecule has 0 aromatic heterocycles. The number of hydrogen-bond acceptors (Lipinski definition) is 6. The van der Waals surface area contributed by atoms with Crippen molar-refractivity contribution in [2.45, 2.75) is 44.4 Å². The quantitative estimate of drug-likeness (QED) is 0.475. The van der Waals surface area contributed by atoms with E-state index in [1.165, 1.54) is 0 Å². The molecule has 1 saturated carbocycles. The Balaban J connectivity index is 1.59. The SMILES string of the molecule is CC1(C)Cc2cc(OC(=O)O)ccc2NC1c1cccc(C(=O)NS(=O)(=O)C2CC2)c1. The molecule has 1 fully saturated rings. The third-order valence-corrected chi connectivity index (χ3v) is 7.51. The molecule has 0 bridgehead atoms. The predicted molar refractivity (Wildman–Crippen MR) is 115 cm³/mol. The topological polar surface area (TPSA) is 122 Å². The van der Waals surface area contributed by atoms with Gasteiger partial charge in [-0.3, -0.25) is 4.79 Å². The van der Waals surface area contributed by atoms with Crippen molar-refractivity contribution in [1.29, 1.82) is 0 Å². The maximum atomic E-state index is 12.5. The van der Waals surface area contributed by atoms with Gasteiger partial charge in [0, 0.05) is 11.3 Å². The number of ether oxygens (including phenoxy) is 1. The average molecular weight is 445 g/mol. The molecule has 1 unspecified atom stereocenters. The van der Waals surface area contributed by atoms with Crippen LogP contribution in [0.15, 0.2) is 42.5 Å². The first-order chi connectivity index (χ1) is 14.5. The lowest BCUT2D eigenvalue weighted by Crippen LogP contribution is -2.35. The van der Waals surface area contributed by atoms with E-state index in [9.17, 15) is 18.0 Å². The van der Waals surface area contributed by atoms with Gasteiger partial charge in [-0.05, 0) is 66.1 Å². The third kappa shape index (κ3) is 4.51. The van der Waals surface area contributed by atoms with Crippen LogP contribution in [-0.2, 0) is 16.4 Å². The summed E-state index contributed by atoms with van der Waals surface area (Å²) in [5, 5.41) is 11.8. The number of fused-ring (bicyclic) bond motifs is 1. The molecule has 31 heavy (non-hydrogen) atoms. The molecule has 2 aromatic rings. The van der Waals surface area contributed by atoms with E-state index in [-0.39, 0.29) is 22.8 Å². The lowest BCUT2D eigenvalue weighted by atomic mass is 9.73. The van der Waals surface area contributed by atoms with Gasteiger partial charge in [-0.15, -0.1) is 0 Å². The van der Waals surface area contributed by atoms with E-state index in [1.807, 2.05) is 6.07 Å². The highest BCUT2D eigenvalue weighted by Crippen LogP contribution is 2.45. The molecular formula is C22H24N2O6S. The maximum Gasteiger partial charge on any atom is 0.511 e. The first kappa shape index (κ1) is 21.2. The molecule has 1 heterocycles. The second kappa shape index (κ2) is 7.56. The summed E-state index contributed by atoms with van der Waals surface area (Å²) in [6, 6.07) is 11.9. The Kier molecular flexibility index (Phi) is 5.17. The Bertz CT molecular complexity index is 1150. The van der Waals surface area contributed by atoms with Crippen molar-refractivity contribution in [3.63, 3.8) is 0 Å². The summed E-state index contributed by atoms with van der Waals surface area (Å²) in [7, 11) is -3.62. The van der Waals surface area contributed by atoms with Crippen molar-refractivity contribution in [3.8, 4) is 5.75 Å². The minimum absolute atomic E-state index is 0.140. The van der Waals surface area contributed by atoms with Crippen LogP contribution in [0.25, 0.3) is 0 Å². The minimum Gasteiger partial charge on any atom is -0.449 e. The van der Waals surface area contributed by atoms with Crippen LogP contribution in [0.2, 0.25) is 0 Å². The fraction of sp³-hybridized carbons (Fsp3) is 0.364. The number of carbonyl (C=O) groups is 2. The summed E-state index contributed by atoms with van der Waals surface area (Å²) in [4.78, 5) is 23.3. The summed E-state index contributed by atoms with van der Waals surface area (Å²) < 4.78 is 31.1. The largest absolute Gasteiger partial charge is 0.511 e. The minimum atomic E-state index is -3.62. The standard InChI is InChI=1S/C22H24N2O6S/c1-22(2)12-15-11-16(30-21(26)27)6-9-18(15)23-19(22)13-4-3-5-14(10-13)20(25)24-31(28,29)17-7-8-17/h3-6,9-11,17,19,23H,7-8,12H2,1-2H3,(H,24,25)(H,26,27). The van der Waals surface area contributed by atoms with E-state index in [4.69, 9.17) is 9.84 Å². The molecule has 1 aliphatic carbocycles. The van der Waals surface area contributed by atoms with Gasteiger partial charge < -0.3 is 15.2 Å². The third-order valence-electron chi connectivity index (χ3n) is 5.69. The fourth-order valence-electron chi connectivity index (χ4n) is 4.01. The van der Waals surface area contributed by atoms with Gasteiger partial charge in [0.15, 0.2) is 0 Å². The van der Waals surface area contributed by atoms with E-state index in [1.54, 1.807) is 36.4 Å². The number of amides is 1. The number of hydrogen-bond donors (Lipinski definition) is 3. The Labute approximate surface area is 180 Å². The second-order valence-corrected chi connectivity index (χ2v) is 10.7. The summed E-state index contributed by atoms with van der Waals surface area (Å²) in [6.07, 6.45) is 0.464. The molecule has 8 nitrogen and oxygen atoms in total. The van der Waals surface area contributed by atoms with E-state index in [0.29, 0.717) is 19.3 Å². The second-order valence-electron chi connectivity index (χ2n) is 8.73. The van der Waals surface area contributed by atoms with Crippen molar-refractivity contribution in [1.82, 2.24) is 4.72 Å². The van der Waals surface area contributed by atoms with Crippen LogP contribution < -0.4 is 14.8 Å². The molecule has 2 aliphatic rings. The summed E-state index contributed by atoms with van der Waals surface area (Å²) >= 11 is 0. The van der Waals surface area contributed by atoms with Crippen LogP contribution in [0.3, 0.4) is 0 Å². The molecule has 164 valence electrons. The highest BCUT2D eigenvalue weighted by Gasteiger charge is 2.38. The maximum absolute atomic E-state index is 12.5. The van der Waals surface area contributed by atoms with Crippen LogP contribution in [0, 0.1) is 5.41 Å². The molecule has 0 spiro atoms. The number of sulfonamides is 1. The molecule has 0 radical (unpaired) electrons. The van der Waals surface area contributed by atoms with Gasteiger partial charge in [-0.25, -0.2) is 17.9 Å². The van der Waals surface area contributed by atoms with E-state index < -0.39 is 27.3 Å². The fourth-order valence-corrected chi connectivity index (χ4v) is 5.31. The first-order valence-electron chi connectivity index (χ1n) is 10.0. The highest BCUT2D eigenvalue weighted by molar-refractivity contribution is 7.91. The predicted octanol–water partition coefficient (Wildman–Crippen LogP) is 3.70.